The Labute approximate surface area is 504 Å². The number of aromatic amines is 2. The smallest absolute Gasteiger partial charge is 0.245 e. The van der Waals surface area contributed by atoms with Gasteiger partial charge < -0.3 is 84.4 Å². The lowest BCUT2D eigenvalue weighted by Gasteiger charge is -2.31. The first-order chi connectivity index (χ1) is 41.6. The fraction of sp³-hybridized carbons (Fsp3) is 0.525. The van der Waals surface area contributed by atoms with Gasteiger partial charge in [0.25, 0.3) is 0 Å². The number of nitrogens with two attached hydrogens (primary N) is 2. The normalized spacial score (nSPS) is 17.5. The lowest BCUT2D eigenvalue weighted by atomic mass is 9.95. The van der Waals surface area contributed by atoms with Crippen LogP contribution in [0.2, 0.25) is 0 Å². The second-order valence-corrected chi connectivity index (χ2v) is 22.5. The number of likely N-dealkylation sites (tertiary alicyclic amines) is 1. The maximum Gasteiger partial charge on any atom is 0.245 e. The fourth-order valence-corrected chi connectivity index (χ4v) is 10.5. The van der Waals surface area contributed by atoms with E-state index in [-0.39, 0.29) is 93.9 Å². The van der Waals surface area contributed by atoms with E-state index in [1.165, 1.54) is 41.7 Å². The van der Waals surface area contributed by atoms with Gasteiger partial charge in [0.1, 0.15) is 60.1 Å². The third-order valence-electron chi connectivity index (χ3n) is 15.4. The highest BCUT2D eigenvalue weighted by Gasteiger charge is 2.40. The van der Waals surface area contributed by atoms with Crippen molar-refractivity contribution in [2.24, 2.45) is 28.3 Å². The Morgan fingerprint density at radius 3 is 2.00 bits per heavy atom. The number of carbonyl (C=O) groups excluding carboxylic acids is 10. The van der Waals surface area contributed by atoms with E-state index in [1.807, 2.05) is 19.9 Å². The van der Waals surface area contributed by atoms with Crippen molar-refractivity contribution in [3.63, 3.8) is 0 Å². The van der Waals surface area contributed by atoms with Crippen molar-refractivity contribution in [3.05, 3.63) is 84.1 Å². The van der Waals surface area contributed by atoms with E-state index in [4.69, 9.17) is 11.5 Å². The molecule has 0 saturated carbocycles. The molecule has 0 radical (unpaired) electrons. The summed E-state index contributed by atoms with van der Waals surface area (Å²) >= 11 is 0. The molecule has 0 bridgehead atoms. The number of guanidine groups is 1. The number of aliphatic imine (C=N–C) groups is 1. The summed E-state index contributed by atoms with van der Waals surface area (Å²) in [6, 6.07) is 1.57. The second-order valence-electron chi connectivity index (χ2n) is 22.5. The molecule has 2 fully saturated rings. The van der Waals surface area contributed by atoms with Gasteiger partial charge in [-0.05, 0) is 86.6 Å². The van der Waals surface area contributed by atoms with E-state index >= 15 is 0 Å². The number of H-pyrrole nitrogens is 2. The van der Waals surface area contributed by atoms with Crippen LogP contribution in [0.4, 0.5) is 0 Å². The van der Waals surface area contributed by atoms with Gasteiger partial charge in [-0.15, -0.1) is 0 Å². The second kappa shape index (κ2) is 32.4. The van der Waals surface area contributed by atoms with Crippen molar-refractivity contribution in [1.82, 2.24) is 67.7 Å². The molecule has 4 aromatic rings. The summed E-state index contributed by atoms with van der Waals surface area (Å²) in [5.74, 6) is -7.91. The van der Waals surface area contributed by atoms with Crippen LogP contribution in [0.1, 0.15) is 103 Å². The molecule has 0 aliphatic carbocycles. The van der Waals surface area contributed by atoms with Gasteiger partial charge in [-0.25, -0.2) is 4.98 Å². The minimum atomic E-state index is -1.75. The van der Waals surface area contributed by atoms with Crippen LogP contribution in [0.15, 0.2) is 72.2 Å². The molecular weight excluding hydrogens is 1120 g/mol. The van der Waals surface area contributed by atoms with Crippen LogP contribution in [0.5, 0.6) is 5.75 Å². The summed E-state index contributed by atoms with van der Waals surface area (Å²) < 4.78 is 0. The SMILES string of the molecule is CCNC(=O)[C@@H]1CCCN1C(=O)[C@H](CCCN=C(N)N)NC(=O)[C@H](CC(C)C)NC(=O)[C@H](NC(=O)[C@H](Cc1ccc(O)cc1)NC(=O)[C@H](CO)NC(=O)[C@H](Cc1c[nH]c2ccccc12)NC(=O)[C@H](Cc1cnc[nH]1)NC(=O)[C@@H]1CCC(=O)N1)[C@H](C)CC. The molecule has 0 spiro atoms. The number of para-hydroxylation sites is 1. The molecule has 28 nitrogen and oxygen atoms in total. The number of benzene rings is 2. The van der Waals surface area contributed by atoms with Gasteiger partial charge in [-0.3, -0.25) is 52.9 Å². The largest absolute Gasteiger partial charge is 0.508 e. The zero-order valence-electron chi connectivity index (χ0n) is 49.8. The molecule has 10 atom stereocenters. The number of likely N-dealkylation sites (N-methyl/N-ethyl adjacent to an activating group) is 1. The van der Waals surface area contributed by atoms with Gasteiger partial charge in [0, 0.05) is 74.3 Å². The molecule has 17 N–H and O–H groups in total. The summed E-state index contributed by atoms with van der Waals surface area (Å²) in [5.41, 5.74) is 13.3. The van der Waals surface area contributed by atoms with E-state index in [0.717, 1.165) is 5.52 Å². The zero-order chi connectivity index (χ0) is 63.3. The number of aromatic nitrogens is 3. The first-order valence-corrected chi connectivity index (χ1v) is 29.6. The monoisotopic (exact) mass is 1210 g/mol. The van der Waals surface area contributed by atoms with E-state index < -0.39 is 114 Å². The molecule has 2 aromatic heterocycles. The minimum Gasteiger partial charge on any atom is -0.508 e. The highest BCUT2D eigenvalue weighted by Crippen LogP contribution is 2.22. The van der Waals surface area contributed by atoms with E-state index in [0.29, 0.717) is 48.0 Å². The third kappa shape index (κ3) is 19.5. The van der Waals surface area contributed by atoms with Crippen molar-refractivity contribution in [3.8, 4) is 5.75 Å². The first kappa shape index (κ1) is 67.1. The number of amides is 10. The van der Waals surface area contributed by atoms with E-state index in [1.54, 1.807) is 45.2 Å². The summed E-state index contributed by atoms with van der Waals surface area (Å²) in [4.78, 5) is 155. The van der Waals surface area contributed by atoms with Gasteiger partial charge in [0.05, 0.1) is 12.9 Å². The Hall–Kier alpha value is -9.08. The highest BCUT2D eigenvalue weighted by molar-refractivity contribution is 5.99. The summed E-state index contributed by atoms with van der Waals surface area (Å²) in [7, 11) is 0. The first-order valence-electron chi connectivity index (χ1n) is 29.6. The van der Waals surface area contributed by atoms with Crippen molar-refractivity contribution in [2.75, 3.05) is 26.2 Å². The van der Waals surface area contributed by atoms with Crippen LogP contribution in [0, 0.1) is 11.8 Å². The van der Waals surface area contributed by atoms with Gasteiger partial charge in [0.15, 0.2) is 5.96 Å². The van der Waals surface area contributed by atoms with Crippen molar-refractivity contribution >= 4 is 75.9 Å². The zero-order valence-corrected chi connectivity index (χ0v) is 49.8. The number of fused-ring (bicyclic) bond motifs is 1. The van der Waals surface area contributed by atoms with Crippen LogP contribution < -0.4 is 59.3 Å². The summed E-state index contributed by atoms with van der Waals surface area (Å²) in [5, 5.41) is 45.9. The summed E-state index contributed by atoms with van der Waals surface area (Å²) in [6.07, 6.45) is 6.10. The molecule has 2 saturated heterocycles. The molecule has 87 heavy (non-hydrogen) atoms. The molecule has 2 aliphatic heterocycles. The lowest BCUT2D eigenvalue weighted by molar-refractivity contribution is -0.142. The molecule has 2 aromatic carbocycles. The minimum absolute atomic E-state index is 0.0870. The number of imidazole rings is 1. The standard InChI is InChI=1S/C59H84N16O12/c1-6-33(5)49(57(86)72-42(24-32(3)4)51(80)68-41(14-10-22-64-59(60)61)58(87)75-23-11-15-47(75)56(85)63-7-2)74-54(83)43(25-34-16-18-37(77)19-17-34)69-55(84)46(30-76)73-52(81)44(26-35-28-65-39-13-9-8-12-38(35)39)70-53(82)45(27-36-29-62-31-66-36)71-50(79)40-20-21-48(78)67-40/h8-9,12-13,16-19,28-29,31-33,40-47,49,65,76-77H,6-7,10-11,14-15,20-27,30H2,1-5H3,(H,62,66)(H,63,85)(H,67,78)(H,68,80)(H,69,84)(H,70,82)(H,71,79)(H,72,86)(H,73,81)(H,74,83)(H4,60,61,64)/t33-,40+,41+,42+,43+,44+,45+,46+,47+,49-/m1/s1. The van der Waals surface area contributed by atoms with Crippen molar-refractivity contribution in [1.29, 1.82) is 0 Å². The summed E-state index contributed by atoms with van der Waals surface area (Å²) in [6.45, 7) is 8.70. The molecular formula is C59H84N16O12. The Morgan fingerprint density at radius 2 is 1.37 bits per heavy atom. The molecule has 2 aliphatic rings. The molecule has 0 unspecified atom stereocenters. The van der Waals surface area contributed by atoms with E-state index in [9.17, 15) is 58.2 Å². The number of aromatic hydroxyl groups is 1. The maximum atomic E-state index is 14.7. The number of aliphatic hydroxyl groups is 1. The van der Waals surface area contributed by atoms with Gasteiger partial charge >= 0.3 is 0 Å². The number of nitrogens with one attached hydrogen (secondary N) is 11. The molecule has 6 rings (SSSR count). The third-order valence-corrected chi connectivity index (χ3v) is 15.4. The number of rotatable bonds is 32. The average molecular weight is 1210 g/mol. The van der Waals surface area contributed by atoms with Crippen molar-refractivity contribution < 1.29 is 58.2 Å². The Kier molecular flexibility index (Phi) is 25.0. The number of nitrogens with zero attached hydrogens (tertiary/aromatic N) is 3. The lowest BCUT2D eigenvalue weighted by Crippen LogP contribution is -2.62. The fourth-order valence-electron chi connectivity index (χ4n) is 10.5. The predicted molar refractivity (Wildman–Crippen MR) is 320 cm³/mol. The highest BCUT2D eigenvalue weighted by atomic mass is 16.3. The Morgan fingerprint density at radius 1 is 0.736 bits per heavy atom. The van der Waals surface area contributed by atoms with Crippen LogP contribution >= 0.6 is 0 Å². The number of aliphatic hydroxyl groups excluding tert-OH is 1. The Bertz CT molecular complexity index is 3060. The molecule has 10 amide bonds. The van der Waals surface area contributed by atoms with Crippen LogP contribution in [0.25, 0.3) is 10.9 Å². The predicted octanol–water partition coefficient (Wildman–Crippen LogP) is -1.44. The molecule has 472 valence electrons. The number of hydrogen-bond acceptors (Lipinski definition) is 14. The van der Waals surface area contributed by atoms with Crippen LogP contribution in [-0.4, -0.2) is 176 Å². The number of phenols is 1. The van der Waals surface area contributed by atoms with Crippen LogP contribution in [-0.2, 0) is 67.2 Å². The van der Waals surface area contributed by atoms with Gasteiger partial charge in [-0.1, -0.05) is 64.4 Å². The maximum absolute atomic E-state index is 14.7. The Balaban J connectivity index is 1.22. The number of carbonyl (C=O) groups is 10. The molecule has 4 heterocycles. The molecule has 28 heteroatoms. The van der Waals surface area contributed by atoms with Gasteiger partial charge in [0.2, 0.25) is 59.1 Å². The number of hydrogen-bond donors (Lipinski definition) is 15. The average Bonchev–Trinajstić information content (AvgIpc) is 2.60. The van der Waals surface area contributed by atoms with E-state index in [2.05, 4.69) is 67.8 Å². The number of phenolic OH excluding ortho intramolecular Hbond substituents is 1. The van der Waals surface area contributed by atoms with Crippen molar-refractivity contribution in [2.45, 2.75) is 160 Å². The topological polar surface area (TPSA) is 432 Å². The quantitative estimate of drug-likeness (QED) is 0.0151. The van der Waals surface area contributed by atoms with Crippen LogP contribution in [0.3, 0.4) is 0 Å². The van der Waals surface area contributed by atoms with Gasteiger partial charge in [-0.2, -0.15) is 0 Å².